The van der Waals surface area contributed by atoms with Crippen molar-refractivity contribution in [1.29, 1.82) is 0 Å². The van der Waals surface area contributed by atoms with Gasteiger partial charge in [0.2, 0.25) is 0 Å². The molecule has 1 aliphatic rings. The second-order valence-electron chi connectivity index (χ2n) is 3.57. The van der Waals surface area contributed by atoms with E-state index < -0.39 is 0 Å². The van der Waals surface area contributed by atoms with Crippen LogP contribution in [-0.4, -0.2) is 6.61 Å². The zero-order valence-corrected chi connectivity index (χ0v) is 8.60. The largest absolute Gasteiger partial charge is 0.494 e. The van der Waals surface area contributed by atoms with Crippen molar-refractivity contribution in [2.45, 2.75) is 39.5 Å². The molecule has 0 aromatic rings. The predicted molar refractivity (Wildman–Crippen MR) is 55.1 cm³/mol. The maximum Gasteiger partial charge on any atom is 0.119 e. The summed E-state index contributed by atoms with van der Waals surface area (Å²) >= 11 is 0. The summed E-state index contributed by atoms with van der Waals surface area (Å²) in [4.78, 5) is 0. The third kappa shape index (κ3) is 3.13. The lowest BCUT2D eigenvalue weighted by molar-refractivity contribution is 0.213. The summed E-state index contributed by atoms with van der Waals surface area (Å²) in [6, 6.07) is 0. The van der Waals surface area contributed by atoms with Gasteiger partial charge in [-0.1, -0.05) is 13.3 Å². The van der Waals surface area contributed by atoms with Crippen molar-refractivity contribution in [3.8, 4) is 0 Å². The van der Waals surface area contributed by atoms with Crippen molar-refractivity contribution < 1.29 is 4.74 Å². The van der Waals surface area contributed by atoms with E-state index in [9.17, 15) is 0 Å². The van der Waals surface area contributed by atoms with Crippen LogP contribution in [0.2, 0.25) is 0 Å². The molecule has 0 spiro atoms. The van der Waals surface area contributed by atoms with Gasteiger partial charge in [-0.3, -0.25) is 0 Å². The third-order valence-electron chi connectivity index (χ3n) is 2.28. The van der Waals surface area contributed by atoms with Crippen molar-refractivity contribution >= 4 is 0 Å². The molecule has 2 N–H and O–H groups in total. The summed E-state index contributed by atoms with van der Waals surface area (Å²) in [5.41, 5.74) is 8.00. The van der Waals surface area contributed by atoms with Gasteiger partial charge in [-0.2, -0.15) is 0 Å². The minimum absolute atomic E-state index is 0.812. The molecule has 0 bridgehead atoms. The molecule has 0 unspecified atom stereocenters. The highest BCUT2D eigenvalue weighted by atomic mass is 16.5. The minimum atomic E-state index is 0.812. The van der Waals surface area contributed by atoms with Crippen LogP contribution in [-0.2, 0) is 4.74 Å². The molecule has 0 saturated carbocycles. The molecule has 13 heavy (non-hydrogen) atoms. The smallest absolute Gasteiger partial charge is 0.119 e. The first kappa shape index (κ1) is 10.2. The van der Waals surface area contributed by atoms with Crippen molar-refractivity contribution in [1.82, 2.24) is 0 Å². The van der Waals surface area contributed by atoms with Crippen LogP contribution < -0.4 is 5.73 Å². The zero-order valence-electron chi connectivity index (χ0n) is 8.60. The maximum atomic E-state index is 5.74. The van der Waals surface area contributed by atoms with Crippen LogP contribution >= 0.6 is 0 Å². The Morgan fingerprint density at radius 2 is 2.23 bits per heavy atom. The Bertz CT molecular complexity index is 228. The topological polar surface area (TPSA) is 35.2 Å². The molecular weight excluding hydrogens is 162 g/mol. The molecule has 0 radical (unpaired) electrons. The van der Waals surface area contributed by atoms with E-state index in [1.807, 2.05) is 6.08 Å². The fourth-order valence-corrected chi connectivity index (χ4v) is 1.31. The first-order valence-corrected chi connectivity index (χ1v) is 5.02. The van der Waals surface area contributed by atoms with Gasteiger partial charge in [0.15, 0.2) is 0 Å². The Labute approximate surface area is 80.5 Å². The molecule has 0 fully saturated rings. The van der Waals surface area contributed by atoms with E-state index in [4.69, 9.17) is 10.5 Å². The summed E-state index contributed by atoms with van der Waals surface area (Å²) in [5, 5.41) is 0. The predicted octanol–water partition coefficient (Wildman–Crippen LogP) is 2.71. The molecule has 0 aliphatic heterocycles. The number of rotatable bonds is 4. The monoisotopic (exact) mass is 181 g/mol. The minimum Gasteiger partial charge on any atom is -0.494 e. The van der Waals surface area contributed by atoms with Gasteiger partial charge < -0.3 is 10.5 Å². The van der Waals surface area contributed by atoms with E-state index in [1.165, 1.54) is 12.0 Å². The van der Waals surface area contributed by atoms with Crippen LogP contribution in [0.25, 0.3) is 0 Å². The molecule has 0 heterocycles. The first-order valence-electron chi connectivity index (χ1n) is 5.02. The van der Waals surface area contributed by atoms with Crippen LogP contribution in [0.3, 0.4) is 0 Å². The average molecular weight is 181 g/mol. The lowest BCUT2D eigenvalue weighted by Gasteiger charge is -2.16. The molecule has 0 amide bonds. The lowest BCUT2D eigenvalue weighted by Crippen LogP contribution is -2.07. The van der Waals surface area contributed by atoms with Crippen LogP contribution in [0, 0.1) is 0 Å². The fourth-order valence-electron chi connectivity index (χ4n) is 1.31. The van der Waals surface area contributed by atoms with Gasteiger partial charge in [0.05, 0.1) is 6.61 Å². The van der Waals surface area contributed by atoms with Crippen LogP contribution in [0.1, 0.15) is 39.5 Å². The summed E-state index contributed by atoms with van der Waals surface area (Å²) < 4.78 is 5.63. The fraction of sp³-hybridized carbons (Fsp3) is 0.636. The van der Waals surface area contributed by atoms with Crippen molar-refractivity contribution in [3.05, 3.63) is 23.1 Å². The second-order valence-corrected chi connectivity index (χ2v) is 3.57. The molecule has 2 heteroatoms. The van der Waals surface area contributed by atoms with E-state index in [0.29, 0.717) is 0 Å². The molecule has 0 saturated heterocycles. The Morgan fingerprint density at radius 1 is 1.46 bits per heavy atom. The highest BCUT2D eigenvalue weighted by molar-refractivity contribution is 5.27. The zero-order chi connectivity index (χ0) is 9.68. The SMILES string of the molecule is CCCCOC1=C(C)CCC(N)=C1. The number of ether oxygens (including phenoxy) is 1. The number of hydrogen-bond donors (Lipinski definition) is 1. The Kier molecular flexibility index (Phi) is 3.87. The van der Waals surface area contributed by atoms with Gasteiger partial charge >= 0.3 is 0 Å². The van der Waals surface area contributed by atoms with Crippen LogP contribution in [0.5, 0.6) is 0 Å². The maximum absolute atomic E-state index is 5.74. The van der Waals surface area contributed by atoms with Crippen LogP contribution in [0.15, 0.2) is 23.1 Å². The highest BCUT2D eigenvalue weighted by Gasteiger charge is 2.08. The molecule has 1 rings (SSSR count). The van der Waals surface area contributed by atoms with E-state index in [0.717, 1.165) is 37.3 Å². The summed E-state index contributed by atoms with van der Waals surface area (Å²) in [5.74, 6) is 0.997. The quantitative estimate of drug-likeness (QED) is 0.677. The lowest BCUT2D eigenvalue weighted by atomic mass is 10.0. The second kappa shape index (κ2) is 4.95. The van der Waals surface area contributed by atoms with Crippen LogP contribution in [0.4, 0.5) is 0 Å². The Morgan fingerprint density at radius 3 is 2.92 bits per heavy atom. The van der Waals surface area contributed by atoms with Gasteiger partial charge in [-0.25, -0.2) is 0 Å². The Hall–Kier alpha value is -0.920. The number of hydrogen-bond acceptors (Lipinski definition) is 2. The van der Waals surface area contributed by atoms with E-state index >= 15 is 0 Å². The van der Waals surface area contributed by atoms with Crippen molar-refractivity contribution in [2.24, 2.45) is 5.73 Å². The summed E-state index contributed by atoms with van der Waals surface area (Å²) in [6.07, 6.45) is 6.28. The van der Waals surface area contributed by atoms with Gasteiger partial charge in [-0.05, 0) is 37.8 Å². The first-order chi connectivity index (χ1) is 6.24. The molecule has 0 aromatic heterocycles. The normalized spacial score (nSPS) is 17.2. The van der Waals surface area contributed by atoms with Crippen molar-refractivity contribution in [3.63, 3.8) is 0 Å². The average Bonchev–Trinajstić information content (AvgIpc) is 2.11. The summed E-state index contributed by atoms with van der Waals surface area (Å²) in [7, 11) is 0. The number of nitrogens with two attached hydrogens (primary N) is 1. The molecule has 0 aromatic carbocycles. The molecule has 2 nitrogen and oxygen atoms in total. The van der Waals surface area contributed by atoms with Gasteiger partial charge in [0.1, 0.15) is 5.76 Å². The molecular formula is C11H19NO. The summed E-state index contributed by atoms with van der Waals surface area (Å²) in [6.45, 7) is 5.09. The molecule has 1 aliphatic carbocycles. The highest BCUT2D eigenvalue weighted by Crippen LogP contribution is 2.21. The third-order valence-corrected chi connectivity index (χ3v) is 2.28. The van der Waals surface area contributed by atoms with Gasteiger partial charge in [0, 0.05) is 5.70 Å². The van der Waals surface area contributed by atoms with Gasteiger partial charge in [0.25, 0.3) is 0 Å². The Balaban J connectivity index is 2.46. The van der Waals surface area contributed by atoms with Crippen molar-refractivity contribution in [2.75, 3.05) is 6.61 Å². The van der Waals surface area contributed by atoms with E-state index in [1.54, 1.807) is 0 Å². The molecule has 0 atom stereocenters. The molecule has 74 valence electrons. The number of unbranched alkanes of at least 4 members (excludes halogenated alkanes) is 1. The standard InChI is InChI=1S/C11H19NO/c1-3-4-7-13-11-8-10(12)6-5-9(11)2/h8H,3-7,12H2,1-2H3. The van der Waals surface area contributed by atoms with E-state index in [-0.39, 0.29) is 0 Å². The van der Waals surface area contributed by atoms with E-state index in [2.05, 4.69) is 13.8 Å². The van der Waals surface area contributed by atoms with Gasteiger partial charge in [-0.15, -0.1) is 0 Å². The number of allylic oxidation sites excluding steroid dienone is 3.